The summed E-state index contributed by atoms with van der Waals surface area (Å²) in [5.41, 5.74) is 4.36. The average Bonchev–Trinajstić information content (AvgIpc) is 3.54. The van der Waals surface area contributed by atoms with Crippen molar-refractivity contribution in [3.05, 3.63) is 71.8 Å². The van der Waals surface area contributed by atoms with E-state index in [2.05, 4.69) is 151 Å². The van der Waals surface area contributed by atoms with Crippen LogP contribution in [0.1, 0.15) is 158 Å². The SMILES string of the molecule is COC1C(c2ccccc2)C2CC(CC(C)(C)C)C(CC3C(CC(C)(C)C)CC4C3CC(C(C)(C)C)C(C)C4c3ccccc3)C2CC1C(C)(C)C. The van der Waals surface area contributed by atoms with Crippen molar-refractivity contribution in [1.82, 2.24) is 0 Å². The van der Waals surface area contributed by atoms with Crippen molar-refractivity contribution in [3.63, 3.8) is 0 Å². The Kier molecular flexibility index (Phi) is 11.4. The van der Waals surface area contributed by atoms with Gasteiger partial charge < -0.3 is 4.74 Å². The molecule has 2 aromatic carbocycles. The Morgan fingerprint density at radius 2 is 0.923 bits per heavy atom. The van der Waals surface area contributed by atoms with Crippen molar-refractivity contribution in [1.29, 1.82) is 0 Å². The summed E-state index contributed by atoms with van der Waals surface area (Å²) in [6, 6.07) is 23.5. The highest BCUT2D eigenvalue weighted by Crippen LogP contribution is 2.66. The first-order chi connectivity index (χ1) is 24.2. The molecule has 0 bridgehead atoms. The van der Waals surface area contributed by atoms with E-state index in [1.165, 1.54) is 50.5 Å². The van der Waals surface area contributed by atoms with E-state index in [4.69, 9.17) is 4.74 Å². The van der Waals surface area contributed by atoms with E-state index >= 15 is 0 Å². The highest BCUT2D eigenvalue weighted by Gasteiger charge is 2.59. The van der Waals surface area contributed by atoms with Gasteiger partial charge in [-0.25, -0.2) is 0 Å². The van der Waals surface area contributed by atoms with Crippen molar-refractivity contribution in [3.8, 4) is 0 Å². The molecule has 6 rings (SSSR count). The summed E-state index contributed by atoms with van der Waals surface area (Å²) in [6.07, 6.45) is 10.0. The Hall–Kier alpha value is -1.60. The molecular formula is C51H80O. The first-order valence-corrected chi connectivity index (χ1v) is 21.8. The number of benzene rings is 2. The molecule has 14 unspecified atom stereocenters. The minimum absolute atomic E-state index is 0.209. The van der Waals surface area contributed by atoms with Crippen LogP contribution in [0.4, 0.5) is 0 Å². The van der Waals surface area contributed by atoms with Gasteiger partial charge in [0.25, 0.3) is 0 Å². The van der Waals surface area contributed by atoms with Gasteiger partial charge in [0.05, 0.1) is 6.10 Å². The van der Waals surface area contributed by atoms with E-state index in [9.17, 15) is 0 Å². The Balaban J connectivity index is 1.44. The molecule has 0 amide bonds. The van der Waals surface area contributed by atoms with E-state index in [0.29, 0.717) is 45.8 Å². The minimum atomic E-state index is 0.209. The molecule has 2 aromatic rings. The smallest absolute Gasteiger partial charge is 0.0675 e. The van der Waals surface area contributed by atoms with Crippen LogP contribution in [0.5, 0.6) is 0 Å². The molecule has 14 atom stereocenters. The van der Waals surface area contributed by atoms with Crippen molar-refractivity contribution in [2.45, 2.75) is 153 Å². The lowest BCUT2D eigenvalue weighted by molar-refractivity contribution is -0.0765. The van der Waals surface area contributed by atoms with E-state index in [1.54, 1.807) is 5.56 Å². The molecule has 0 spiro atoms. The highest BCUT2D eigenvalue weighted by atomic mass is 16.5. The molecule has 0 aromatic heterocycles. The summed E-state index contributed by atoms with van der Waals surface area (Å²) in [5, 5.41) is 0. The zero-order valence-electron chi connectivity index (χ0n) is 36.2. The van der Waals surface area contributed by atoms with Crippen LogP contribution < -0.4 is 0 Å². The molecule has 4 aliphatic carbocycles. The standard InChI is InChI=1S/C51H80O/c1-32-43(50(8,9)10)28-39-37(35(30-48(2,3)4)25-41(39)45(32)33-21-17-15-18-22-33)27-38-36(31-49(5,6)7)26-42-40(38)29-44(51(11,12)13)47(52-14)46(42)34-23-19-16-20-24-34/h15-24,32,35-47H,25-31H2,1-14H3. The van der Waals surface area contributed by atoms with E-state index in [0.717, 1.165) is 47.3 Å². The molecule has 0 saturated heterocycles. The summed E-state index contributed by atoms with van der Waals surface area (Å²) >= 11 is 0. The van der Waals surface area contributed by atoms with Crippen LogP contribution in [0.2, 0.25) is 0 Å². The molecule has 0 N–H and O–H groups in total. The zero-order valence-corrected chi connectivity index (χ0v) is 36.2. The van der Waals surface area contributed by atoms with Crippen LogP contribution in [0.3, 0.4) is 0 Å². The fraction of sp³-hybridized carbons (Fsp3) is 0.765. The van der Waals surface area contributed by atoms with Crippen molar-refractivity contribution >= 4 is 0 Å². The second-order valence-corrected chi connectivity index (χ2v) is 23.6. The van der Waals surface area contributed by atoms with Gasteiger partial charge in [0, 0.05) is 13.0 Å². The van der Waals surface area contributed by atoms with Crippen molar-refractivity contribution < 1.29 is 4.74 Å². The summed E-state index contributed by atoms with van der Waals surface area (Å²) in [5.74, 6) is 9.50. The zero-order chi connectivity index (χ0) is 38.0. The molecule has 0 radical (unpaired) electrons. The Bertz CT molecular complexity index is 1430. The van der Waals surface area contributed by atoms with Crippen LogP contribution in [0.15, 0.2) is 60.7 Å². The van der Waals surface area contributed by atoms with E-state index < -0.39 is 0 Å². The lowest BCUT2D eigenvalue weighted by atomic mass is 9.54. The fourth-order valence-corrected chi connectivity index (χ4v) is 14.1. The van der Waals surface area contributed by atoms with Gasteiger partial charge in [-0.05, 0) is 149 Å². The lowest BCUT2D eigenvalue weighted by Gasteiger charge is -2.52. The first kappa shape index (κ1) is 40.1. The number of fused-ring (bicyclic) bond motifs is 2. The molecular weight excluding hydrogens is 629 g/mol. The van der Waals surface area contributed by atoms with Gasteiger partial charge in [-0.2, -0.15) is 0 Å². The van der Waals surface area contributed by atoms with Gasteiger partial charge in [0.15, 0.2) is 0 Å². The number of rotatable bonds is 7. The van der Waals surface area contributed by atoms with Gasteiger partial charge in [-0.3, -0.25) is 0 Å². The van der Waals surface area contributed by atoms with E-state index in [-0.39, 0.29) is 11.5 Å². The summed E-state index contributed by atoms with van der Waals surface area (Å²) in [7, 11) is 2.02. The molecule has 290 valence electrons. The first-order valence-electron chi connectivity index (χ1n) is 21.8. The number of ether oxygens (including phenoxy) is 1. The predicted molar refractivity (Wildman–Crippen MR) is 223 cm³/mol. The molecule has 1 nitrogen and oxygen atoms in total. The van der Waals surface area contributed by atoms with Crippen molar-refractivity contribution in [2.24, 2.45) is 86.8 Å². The summed E-state index contributed by atoms with van der Waals surface area (Å²) in [6.45, 7) is 33.0. The largest absolute Gasteiger partial charge is 0.381 e. The van der Waals surface area contributed by atoms with Gasteiger partial charge in [0.1, 0.15) is 0 Å². The second-order valence-electron chi connectivity index (χ2n) is 23.6. The molecule has 4 saturated carbocycles. The molecule has 1 heteroatoms. The van der Waals surface area contributed by atoms with Gasteiger partial charge in [-0.15, -0.1) is 0 Å². The second kappa shape index (κ2) is 14.8. The Morgan fingerprint density at radius 3 is 1.33 bits per heavy atom. The van der Waals surface area contributed by atoms with Crippen LogP contribution in [-0.2, 0) is 4.74 Å². The molecule has 0 aliphatic heterocycles. The average molecular weight is 709 g/mol. The van der Waals surface area contributed by atoms with Crippen LogP contribution in [-0.4, -0.2) is 13.2 Å². The third-order valence-corrected chi connectivity index (χ3v) is 15.6. The maximum Gasteiger partial charge on any atom is 0.0675 e. The maximum atomic E-state index is 6.66. The van der Waals surface area contributed by atoms with Gasteiger partial charge in [-0.1, -0.05) is 151 Å². The maximum absolute atomic E-state index is 6.66. The monoisotopic (exact) mass is 709 g/mol. The normalized spacial score (nSPS) is 38.6. The van der Waals surface area contributed by atoms with Crippen LogP contribution >= 0.6 is 0 Å². The third-order valence-electron chi connectivity index (χ3n) is 15.6. The third kappa shape index (κ3) is 8.31. The fourth-order valence-electron chi connectivity index (χ4n) is 14.1. The molecule has 52 heavy (non-hydrogen) atoms. The van der Waals surface area contributed by atoms with Gasteiger partial charge in [0.2, 0.25) is 0 Å². The number of methoxy groups -OCH3 is 1. The number of hydrogen-bond donors (Lipinski definition) is 0. The number of hydrogen-bond acceptors (Lipinski definition) is 1. The topological polar surface area (TPSA) is 9.23 Å². The van der Waals surface area contributed by atoms with Crippen LogP contribution in [0.25, 0.3) is 0 Å². The van der Waals surface area contributed by atoms with Crippen LogP contribution in [0, 0.1) is 86.8 Å². The summed E-state index contributed by atoms with van der Waals surface area (Å²) in [4.78, 5) is 0. The highest BCUT2D eigenvalue weighted by molar-refractivity contribution is 5.27. The Morgan fingerprint density at radius 1 is 0.519 bits per heavy atom. The molecule has 4 aliphatic rings. The Labute approximate surface area is 322 Å². The molecule has 4 fully saturated rings. The minimum Gasteiger partial charge on any atom is -0.381 e. The van der Waals surface area contributed by atoms with Gasteiger partial charge >= 0.3 is 0 Å². The lowest BCUT2D eigenvalue weighted by Crippen LogP contribution is -2.48. The van der Waals surface area contributed by atoms with E-state index in [1.807, 2.05) is 7.11 Å². The molecule has 0 heterocycles. The quantitative estimate of drug-likeness (QED) is 0.278. The van der Waals surface area contributed by atoms with Crippen molar-refractivity contribution in [2.75, 3.05) is 7.11 Å². The predicted octanol–water partition coefficient (Wildman–Crippen LogP) is 14.3. The summed E-state index contributed by atoms with van der Waals surface area (Å²) < 4.78 is 6.66.